The van der Waals surface area contributed by atoms with Crippen molar-refractivity contribution in [1.82, 2.24) is 4.90 Å². The van der Waals surface area contributed by atoms with Crippen LogP contribution in [0.3, 0.4) is 0 Å². The lowest BCUT2D eigenvalue weighted by molar-refractivity contribution is -0.149. The summed E-state index contributed by atoms with van der Waals surface area (Å²) in [5, 5.41) is 0. The van der Waals surface area contributed by atoms with E-state index >= 15 is 0 Å². The van der Waals surface area contributed by atoms with Gasteiger partial charge < -0.3 is 9.64 Å². The van der Waals surface area contributed by atoms with Crippen LogP contribution >= 0.6 is 0 Å². The second kappa shape index (κ2) is 6.12. The fraction of sp³-hybridized carbons (Fsp3) is 0.667. The molecule has 0 rings (SSSR count). The fourth-order valence-corrected chi connectivity index (χ4v) is 0.846. The first kappa shape index (κ1) is 12.6. The van der Waals surface area contributed by atoms with Crippen LogP contribution in [0.15, 0.2) is 0 Å². The van der Waals surface area contributed by atoms with E-state index in [2.05, 4.69) is 4.74 Å². The van der Waals surface area contributed by atoms with Crippen LogP contribution in [-0.2, 0) is 19.1 Å². The Morgan fingerprint density at radius 1 is 1.43 bits per heavy atom. The van der Waals surface area contributed by atoms with Gasteiger partial charge in [-0.2, -0.15) is 0 Å². The Hall–Kier alpha value is -1.39. The van der Waals surface area contributed by atoms with Crippen LogP contribution in [0.5, 0.6) is 0 Å². The van der Waals surface area contributed by atoms with Crippen molar-refractivity contribution in [1.29, 1.82) is 0 Å². The van der Waals surface area contributed by atoms with Gasteiger partial charge in [-0.25, -0.2) is 0 Å². The van der Waals surface area contributed by atoms with Crippen molar-refractivity contribution < 1.29 is 19.1 Å². The monoisotopic (exact) mass is 201 g/mol. The van der Waals surface area contributed by atoms with Crippen molar-refractivity contribution in [3.63, 3.8) is 0 Å². The maximum absolute atomic E-state index is 10.8. The van der Waals surface area contributed by atoms with Gasteiger partial charge in [-0.05, 0) is 0 Å². The molecule has 0 heterocycles. The third-order valence-corrected chi connectivity index (χ3v) is 1.76. The van der Waals surface area contributed by atoms with Gasteiger partial charge in [-0.3, -0.25) is 14.4 Å². The Morgan fingerprint density at radius 3 is 2.36 bits per heavy atom. The normalized spacial score (nSPS) is 11.6. The number of nitrogens with zero attached hydrogens (tertiary/aromatic N) is 1. The summed E-state index contributed by atoms with van der Waals surface area (Å²) in [4.78, 5) is 33.2. The first-order valence-corrected chi connectivity index (χ1v) is 4.31. The Bertz CT molecular complexity index is 227. The molecule has 0 saturated heterocycles. The van der Waals surface area contributed by atoms with E-state index in [1.807, 2.05) is 0 Å². The average Bonchev–Trinajstić information content (AvgIpc) is 2.10. The molecule has 0 aromatic carbocycles. The van der Waals surface area contributed by atoms with Crippen LogP contribution in [0, 0.1) is 0 Å². The van der Waals surface area contributed by atoms with Crippen LogP contribution in [0.2, 0.25) is 0 Å². The quantitative estimate of drug-likeness (QED) is 0.463. The van der Waals surface area contributed by atoms with Gasteiger partial charge in [0.2, 0.25) is 5.91 Å². The summed E-state index contributed by atoms with van der Waals surface area (Å²) < 4.78 is 4.68. The van der Waals surface area contributed by atoms with Gasteiger partial charge in [-0.1, -0.05) is 0 Å². The highest BCUT2D eigenvalue weighted by Crippen LogP contribution is 1.98. The third kappa shape index (κ3) is 5.29. The summed E-state index contributed by atoms with van der Waals surface area (Å²) in [6, 6.07) is 0. The summed E-state index contributed by atoms with van der Waals surface area (Å²) in [6.45, 7) is 3.07. The van der Waals surface area contributed by atoms with Crippen molar-refractivity contribution in [3.8, 4) is 0 Å². The third-order valence-electron chi connectivity index (χ3n) is 1.76. The number of esters is 1. The molecule has 1 unspecified atom stereocenters. The minimum Gasteiger partial charge on any atom is -0.455 e. The highest BCUT2D eigenvalue weighted by Gasteiger charge is 2.12. The van der Waals surface area contributed by atoms with Gasteiger partial charge in [0.15, 0.2) is 12.4 Å². The Balaban J connectivity index is 3.89. The van der Waals surface area contributed by atoms with Gasteiger partial charge in [0, 0.05) is 33.9 Å². The summed E-state index contributed by atoms with van der Waals surface area (Å²) in [7, 11) is 1.62. The van der Waals surface area contributed by atoms with E-state index in [0.29, 0.717) is 19.3 Å². The van der Waals surface area contributed by atoms with Gasteiger partial charge in [0.1, 0.15) is 0 Å². The van der Waals surface area contributed by atoms with E-state index in [1.54, 1.807) is 7.05 Å². The topological polar surface area (TPSA) is 63.7 Å². The lowest BCUT2D eigenvalue weighted by Gasteiger charge is -2.17. The maximum Gasteiger partial charge on any atom is 0.303 e. The van der Waals surface area contributed by atoms with E-state index in [4.69, 9.17) is 0 Å². The molecule has 0 radical (unpaired) electrons. The van der Waals surface area contributed by atoms with Crippen LogP contribution in [-0.4, -0.2) is 42.8 Å². The number of hydrogen-bond donors (Lipinski definition) is 0. The molecule has 0 aliphatic carbocycles. The Morgan fingerprint density at radius 2 is 2.00 bits per heavy atom. The average molecular weight is 201 g/mol. The zero-order valence-corrected chi connectivity index (χ0v) is 8.65. The molecule has 1 atom stereocenters. The minimum absolute atomic E-state index is 0.0857. The first-order valence-electron chi connectivity index (χ1n) is 4.31. The lowest BCUT2D eigenvalue weighted by atomic mass is 10.2. The molecule has 0 saturated carbocycles. The van der Waals surface area contributed by atoms with Gasteiger partial charge >= 0.3 is 5.97 Å². The second-order valence-electron chi connectivity index (χ2n) is 3.01. The zero-order valence-electron chi connectivity index (χ0n) is 8.65. The first-order chi connectivity index (χ1) is 6.47. The van der Waals surface area contributed by atoms with Gasteiger partial charge in [0.05, 0.1) is 0 Å². The number of rotatable bonds is 5. The number of ether oxygens (including phenoxy) is 1. The highest BCUT2D eigenvalue weighted by atomic mass is 16.5. The number of carbonyl (C=O) groups is 3. The van der Waals surface area contributed by atoms with Gasteiger partial charge in [-0.15, -0.1) is 0 Å². The number of amides is 1. The molecular formula is C9H15NO4. The molecule has 0 bridgehead atoms. The molecule has 0 N–H and O–H groups in total. The molecule has 80 valence electrons. The van der Waals surface area contributed by atoms with E-state index in [1.165, 1.54) is 18.7 Å². The molecule has 0 aliphatic heterocycles. The standard InChI is InChI=1S/C9H15NO4/c1-7(12)10(3)5-4-9(6-11)14-8(2)13/h6,9H,4-5H2,1-3H3. The summed E-state index contributed by atoms with van der Waals surface area (Å²) >= 11 is 0. The minimum atomic E-state index is -0.755. The fourth-order valence-electron chi connectivity index (χ4n) is 0.846. The van der Waals surface area contributed by atoms with E-state index in [9.17, 15) is 14.4 Å². The van der Waals surface area contributed by atoms with Crippen molar-refractivity contribution >= 4 is 18.2 Å². The van der Waals surface area contributed by atoms with Crippen LogP contribution < -0.4 is 0 Å². The predicted octanol–water partition coefficient (Wildman–Crippen LogP) is -0.0146. The molecule has 0 aromatic rings. The van der Waals surface area contributed by atoms with Crippen LogP contribution in [0.25, 0.3) is 0 Å². The molecule has 0 fully saturated rings. The van der Waals surface area contributed by atoms with E-state index < -0.39 is 12.1 Å². The van der Waals surface area contributed by atoms with E-state index in [-0.39, 0.29) is 5.91 Å². The molecular weight excluding hydrogens is 186 g/mol. The van der Waals surface area contributed by atoms with Crippen molar-refractivity contribution in [2.24, 2.45) is 0 Å². The van der Waals surface area contributed by atoms with Crippen molar-refractivity contribution in [3.05, 3.63) is 0 Å². The Labute approximate surface area is 83.0 Å². The van der Waals surface area contributed by atoms with Crippen LogP contribution in [0.4, 0.5) is 0 Å². The van der Waals surface area contributed by atoms with Crippen molar-refractivity contribution in [2.75, 3.05) is 13.6 Å². The molecule has 0 aromatic heterocycles. The number of aldehydes is 1. The largest absolute Gasteiger partial charge is 0.455 e. The molecule has 0 aliphatic rings. The predicted molar refractivity (Wildman–Crippen MR) is 49.5 cm³/mol. The molecule has 0 spiro atoms. The lowest BCUT2D eigenvalue weighted by Crippen LogP contribution is -2.29. The summed E-state index contributed by atoms with van der Waals surface area (Å²) in [6.07, 6.45) is 0.142. The molecule has 14 heavy (non-hydrogen) atoms. The SMILES string of the molecule is CC(=O)OC(C=O)CCN(C)C(C)=O. The molecule has 5 nitrogen and oxygen atoms in total. The Kier molecular flexibility index (Phi) is 5.52. The van der Waals surface area contributed by atoms with Crippen LogP contribution in [0.1, 0.15) is 20.3 Å². The summed E-state index contributed by atoms with van der Waals surface area (Å²) in [5.74, 6) is -0.579. The molecule has 1 amide bonds. The zero-order chi connectivity index (χ0) is 11.1. The molecule has 5 heteroatoms. The van der Waals surface area contributed by atoms with E-state index in [0.717, 1.165) is 0 Å². The number of hydrogen-bond acceptors (Lipinski definition) is 4. The number of carbonyl (C=O) groups excluding carboxylic acids is 3. The smallest absolute Gasteiger partial charge is 0.303 e. The highest BCUT2D eigenvalue weighted by molar-refractivity contribution is 5.73. The second-order valence-corrected chi connectivity index (χ2v) is 3.01. The maximum atomic E-state index is 10.8. The van der Waals surface area contributed by atoms with Gasteiger partial charge in [0.25, 0.3) is 0 Å². The summed E-state index contributed by atoms with van der Waals surface area (Å²) in [5.41, 5.74) is 0. The van der Waals surface area contributed by atoms with Crippen molar-refractivity contribution in [2.45, 2.75) is 26.4 Å².